The summed E-state index contributed by atoms with van der Waals surface area (Å²) in [5, 5.41) is 14.5. The predicted octanol–water partition coefficient (Wildman–Crippen LogP) is 3.93. The van der Waals surface area contributed by atoms with Crippen molar-refractivity contribution in [1.82, 2.24) is 15.2 Å². The van der Waals surface area contributed by atoms with Crippen LogP contribution in [0.4, 0.5) is 17.5 Å². The van der Waals surface area contributed by atoms with E-state index in [0.717, 1.165) is 24.4 Å². The zero-order chi connectivity index (χ0) is 16.6. The average molecular weight is 325 g/mol. The smallest absolute Gasteiger partial charge is 0.244 e. The number of aromatic nitrogens is 3. The maximum absolute atomic E-state index is 5.15. The van der Waals surface area contributed by atoms with E-state index in [4.69, 9.17) is 4.74 Å². The number of hydrogen-bond acceptors (Lipinski definition) is 6. The number of anilines is 3. The number of nitrogens with zero attached hydrogens (tertiary/aromatic N) is 3. The monoisotopic (exact) mass is 325 g/mol. The van der Waals surface area contributed by atoms with Gasteiger partial charge in [-0.1, -0.05) is 11.6 Å². The van der Waals surface area contributed by atoms with Gasteiger partial charge in [0.2, 0.25) is 5.95 Å². The second kappa shape index (κ2) is 8.29. The first-order valence-corrected chi connectivity index (χ1v) is 8.36. The molecular weight excluding hydrogens is 302 g/mol. The van der Waals surface area contributed by atoms with E-state index in [2.05, 4.69) is 31.9 Å². The van der Waals surface area contributed by atoms with Crippen molar-refractivity contribution in [1.29, 1.82) is 0 Å². The minimum Gasteiger partial charge on any atom is -0.497 e. The van der Waals surface area contributed by atoms with Crippen molar-refractivity contribution in [3.05, 3.63) is 42.1 Å². The van der Waals surface area contributed by atoms with Crippen LogP contribution >= 0.6 is 0 Å². The van der Waals surface area contributed by atoms with Gasteiger partial charge in [-0.3, -0.25) is 0 Å². The summed E-state index contributed by atoms with van der Waals surface area (Å²) in [6, 6.07) is 7.66. The summed E-state index contributed by atoms with van der Waals surface area (Å²) in [6.45, 7) is 0.833. The Morgan fingerprint density at radius 1 is 1.17 bits per heavy atom. The van der Waals surface area contributed by atoms with Crippen molar-refractivity contribution in [2.75, 3.05) is 24.3 Å². The lowest BCUT2D eigenvalue weighted by Gasteiger charge is -2.13. The summed E-state index contributed by atoms with van der Waals surface area (Å²) in [5.74, 6) is 2.03. The molecule has 1 aliphatic carbocycles. The lowest BCUT2D eigenvalue weighted by Crippen LogP contribution is -2.09. The summed E-state index contributed by atoms with van der Waals surface area (Å²) >= 11 is 0. The van der Waals surface area contributed by atoms with E-state index in [-0.39, 0.29) is 0 Å². The number of ether oxygens (including phenoxy) is 1. The van der Waals surface area contributed by atoms with Gasteiger partial charge in [-0.25, -0.2) is 0 Å². The van der Waals surface area contributed by atoms with Gasteiger partial charge >= 0.3 is 0 Å². The molecule has 0 fully saturated rings. The molecule has 6 heteroatoms. The summed E-state index contributed by atoms with van der Waals surface area (Å²) in [6.07, 6.45) is 10.1. The first-order chi connectivity index (χ1) is 11.8. The predicted molar refractivity (Wildman–Crippen MR) is 95.8 cm³/mol. The lowest BCUT2D eigenvalue weighted by molar-refractivity contribution is 0.415. The molecule has 0 unspecified atom stereocenters. The molecule has 3 rings (SSSR count). The standard InChI is InChI=1S/C18H23N5O/c1-24-16-9-7-15(8-10-16)21-17-13-20-23-18(22-17)19-12-11-14-5-3-2-4-6-14/h5,7-10,13H,2-4,6,11-12H2,1H3,(H2,19,21,22,23). The summed E-state index contributed by atoms with van der Waals surface area (Å²) < 4.78 is 5.15. The van der Waals surface area contributed by atoms with E-state index >= 15 is 0 Å². The second-order valence-electron chi connectivity index (χ2n) is 5.80. The zero-order valence-electron chi connectivity index (χ0n) is 14.0. The van der Waals surface area contributed by atoms with Crippen molar-refractivity contribution < 1.29 is 4.74 Å². The fourth-order valence-electron chi connectivity index (χ4n) is 2.73. The number of benzene rings is 1. The molecule has 24 heavy (non-hydrogen) atoms. The molecule has 2 aromatic rings. The Morgan fingerprint density at radius 3 is 2.79 bits per heavy atom. The Kier molecular flexibility index (Phi) is 5.61. The molecule has 0 bridgehead atoms. The van der Waals surface area contributed by atoms with E-state index in [1.807, 2.05) is 24.3 Å². The molecule has 1 heterocycles. The molecule has 0 amide bonds. The van der Waals surface area contributed by atoms with Crippen molar-refractivity contribution in [2.45, 2.75) is 32.1 Å². The van der Waals surface area contributed by atoms with Crippen LogP contribution in [0.25, 0.3) is 0 Å². The Balaban J connectivity index is 1.54. The van der Waals surface area contributed by atoms with E-state index < -0.39 is 0 Å². The molecule has 1 aliphatic rings. The molecule has 0 atom stereocenters. The highest BCUT2D eigenvalue weighted by Crippen LogP contribution is 2.20. The first-order valence-electron chi connectivity index (χ1n) is 8.36. The van der Waals surface area contributed by atoms with Gasteiger partial charge in [0.1, 0.15) is 5.75 Å². The van der Waals surface area contributed by atoms with Gasteiger partial charge in [-0.05, 0) is 56.4 Å². The van der Waals surface area contributed by atoms with Crippen molar-refractivity contribution >= 4 is 17.5 Å². The van der Waals surface area contributed by atoms with Gasteiger partial charge in [-0.15, -0.1) is 5.10 Å². The van der Waals surface area contributed by atoms with Crippen LogP contribution in [0.2, 0.25) is 0 Å². The van der Waals surface area contributed by atoms with Gasteiger partial charge in [0, 0.05) is 12.2 Å². The maximum Gasteiger partial charge on any atom is 0.244 e. The molecule has 126 valence electrons. The van der Waals surface area contributed by atoms with Crippen LogP contribution in [-0.2, 0) is 0 Å². The molecule has 2 N–H and O–H groups in total. The van der Waals surface area contributed by atoms with Crippen molar-refractivity contribution in [2.24, 2.45) is 0 Å². The number of methoxy groups -OCH3 is 1. The van der Waals surface area contributed by atoms with Crippen molar-refractivity contribution in [3.8, 4) is 5.75 Å². The molecule has 0 spiro atoms. The fourth-order valence-corrected chi connectivity index (χ4v) is 2.73. The lowest BCUT2D eigenvalue weighted by atomic mass is 9.97. The quantitative estimate of drug-likeness (QED) is 0.752. The highest BCUT2D eigenvalue weighted by atomic mass is 16.5. The largest absolute Gasteiger partial charge is 0.497 e. The molecule has 0 aliphatic heterocycles. The average Bonchev–Trinajstić information content (AvgIpc) is 2.64. The third-order valence-electron chi connectivity index (χ3n) is 4.04. The third kappa shape index (κ3) is 4.68. The normalized spacial score (nSPS) is 14.0. The van der Waals surface area contributed by atoms with Crippen LogP contribution in [0.5, 0.6) is 5.75 Å². The molecular formula is C18H23N5O. The molecule has 0 radical (unpaired) electrons. The highest BCUT2D eigenvalue weighted by Gasteiger charge is 2.05. The highest BCUT2D eigenvalue weighted by molar-refractivity contribution is 5.57. The molecule has 6 nitrogen and oxygen atoms in total. The third-order valence-corrected chi connectivity index (χ3v) is 4.04. The second-order valence-corrected chi connectivity index (χ2v) is 5.80. The minimum absolute atomic E-state index is 0.546. The Hall–Kier alpha value is -2.63. The molecule has 0 saturated carbocycles. The van der Waals surface area contributed by atoms with E-state index in [9.17, 15) is 0 Å². The van der Waals surface area contributed by atoms with Crippen LogP contribution in [-0.4, -0.2) is 28.8 Å². The van der Waals surface area contributed by atoms with Gasteiger partial charge in [-0.2, -0.15) is 10.1 Å². The Morgan fingerprint density at radius 2 is 2.04 bits per heavy atom. The summed E-state index contributed by atoms with van der Waals surface area (Å²) in [5.41, 5.74) is 2.46. The first kappa shape index (κ1) is 16.2. The number of nitrogens with one attached hydrogen (secondary N) is 2. The van der Waals surface area contributed by atoms with Crippen LogP contribution in [0.1, 0.15) is 32.1 Å². The topological polar surface area (TPSA) is 72.0 Å². The Bertz CT molecular complexity index is 684. The van der Waals surface area contributed by atoms with Crippen LogP contribution < -0.4 is 15.4 Å². The summed E-state index contributed by atoms with van der Waals surface area (Å²) in [7, 11) is 1.65. The van der Waals surface area contributed by atoms with Gasteiger partial charge in [0.05, 0.1) is 13.3 Å². The Labute approximate surface area is 142 Å². The molecule has 1 aromatic heterocycles. The number of allylic oxidation sites excluding steroid dienone is 1. The van der Waals surface area contributed by atoms with Crippen LogP contribution in [0, 0.1) is 0 Å². The fraction of sp³-hybridized carbons (Fsp3) is 0.389. The van der Waals surface area contributed by atoms with E-state index in [1.165, 1.54) is 31.3 Å². The van der Waals surface area contributed by atoms with Gasteiger partial charge in [0.25, 0.3) is 0 Å². The van der Waals surface area contributed by atoms with Crippen molar-refractivity contribution in [3.63, 3.8) is 0 Å². The minimum atomic E-state index is 0.546. The zero-order valence-corrected chi connectivity index (χ0v) is 14.0. The molecule has 1 aromatic carbocycles. The van der Waals surface area contributed by atoms with Gasteiger partial charge < -0.3 is 15.4 Å². The summed E-state index contributed by atoms with van der Waals surface area (Å²) in [4.78, 5) is 4.45. The SMILES string of the molecule is COc1ccc(Nc2cnnc(NCCC3=CCCCC3)n2)cc1. The van der Waals surface area contributed by atoms with Crippen LogP contribution in [0.15, 0.2) is 42.1 Å². The van der Waals surface area contributed by atoms with Gasteiger partial charge in [0.15, 0.2) is 5.82 Å². The number of hydrogen-bond donors (Lipinski definition) is 2. The maximum atomic E-state index is 5.15. The van der Waals surface area contributed by atoms with E-state index in [1.54, 1.807) is 13.3 Å². The van der Waals surface area contributed by atoms with E-state index in [0.29, 0.717) is 11.8 Å². The molecule has 0 saturated heterocycles. The number of rotatable bonds is 7. The van der Waals surface area contributed by atoms with Crippen LogP contribution in [0.3, 0.4) is 0 Å².